The fourth-order valence-electron chi connectivity index (χ4n) is 2.12. The van der Waals surface area contributed by atoms with E-state index in [1.807, 2.05) is 47.2 Å². The molecule has 0 fully saturated rings. The van der Waals surface area contributed by atoms with E-state index in [9.17, 15) is 0 Å². The van der Waals surface area contributed by atoms with E-state index >= 15 is 0 Å². The molecule has 0 aliphatic heterocycles. The molecule has 2 aromatic carbocycles. The molecule has 0 saturated heterocycles. The molecule has 3 heteroatoms. The second-order valence-corrected chi connectivity index (χ2v) is 4.32. The fraction of sp³-hybridized carbons (Fsp3) is 0.0625. The lowest BCUT2D eigenvalue weighted by molar-refractivity contribution is 0.868. The Balaban J connectivity index is 2.09. The van der Waals surface area contributed by atoms with Gasteiger partial charge in [-0.2, -0.15) is 0 Å². The molecular formula is C16H15N3. The summed E-state index contributed by atoms with van der Waals surface area (Å²) in [6, 6.07) is 20.3. The van der Waals surface area contributed by atoms with Crippen LogP contribution < -0.4 is 5.73 Å². The van der Waals surface area contributed by atoms with Crippen molar-refractivity contribution in [2.24, 2.45) is 5.73 Å². The maximum atomic E-state index is 5.80. The lowest BCUT2D eigenvalue weighted by atomic mass is 10.2. The average molecular weight is 249 g/mol. The van der Waals surface area contributed by atoms with Gasteiger partial charge in [-0.05, 0) is 12.1 Å². The molecule has 2 N–H and O–H groups in total. The van der Waals surface area contributed by atoms with Crippen LogP contribution in [-0.4, -0.2) is 9.55 Å². The molecule has 0 aliphatic rings. The molecule has 0 atom stereocenters. The minimum Gasteiger partial charge on any atom is -0.324 e. The summed E-state index contributed by atoms with van der Waals surface area (Å²) < 4.78 is 2.04. The molecule has 0 bridgehead atoms. The van der Waals surface area contributed by atoms with E-state index in [1.165, 1.54) is 0 Å². The smallest absolute Gasteiger partial charge is 0.127 e. The lowest BCUT2D eigenvalue weighted by Crippen LogP contribution is -2.05. The Hall–Kier alpha value is -2.39. The topological polar surface area (TPSA) is 43.8 Å². The third-order valence-corrected chi connectivity index (χ3v) is 3.07. The summed E-state index contributed by atoms with van der Waals surface area (Å²) >= 11 is 0. The molecule has 0 unspecified atom stereocenters. The molecule has 0 aliphatic carbocycles. The number of nitrogens with zero attached hydrogens (tertiary/aromatic N) is 2. The van der Waals surface area contributed by atoms with Gasteiger partial charge in [0, 0.05) is 17.4 Å². The summed E-state index contributed by atoms with van der Waals surface area (Å²) in [4.78, 5) is 4.61. The minimum absolute atomic E-state index is 0.418. The molecule has 3 rings (SSSR count). The first kappa shape index (κ1) is 11.7. The number of nitrogens with two attached hydrogens (primary N) is 1. The van der Waals surface area contributed by atoms with Gasteiger partial charge in [0.05, 0.1) is 12.2 Å². The molecule has 3 aromatic rings. The van der Waals surface area contributed by atoms with E-state index < -0.39 is 0 Å². The third-order valence-electron chi connectivity index (χ3n) is 3.07. The molecular weight excluding hydrogens is 234 g/mol. The lowest BCUT2D eigenvalue weighted by Gasteiger charge is -2.04. The van der Waals surface area contributed by atoms with Crippen LogP contribution in [0.4, 0.5) is 0 Å². The van der Waals surface area contributed by atoms with Crippen molar-refractivity contribution >= 4 is 0 Å². The van der Waals surface area contributed by atoms with Crippen LogP contribution in [0.3, 0.4) is 0 Å². The highest BCUT2D eigenvalue weighted by Crippen LogP contribution is 2.21. The van der Waals surface area contributed by atoms with Gasteiger partial charge in [0.15, 0.2) is 0 Å². The molecule has 0 spiro atoms. The van der Waals surface area contributed by atoms with Gasteiger partial charge in [0.1, 0.15) is 5.82 Å². The number of imidazole rings is 1. The normalized spacial score (nSPS) is 10.6. The van der Waals surface area contributed by atoms with Crippen molar-refractivity contribution in [2.75, 3.05) is 0 Å². The van der Waals surface area contributed by atoms with Gasteiger partial charge >= 0.3 is 0 Å². The van der Waals surface area contributed by atoms with Crippen molar-refractivity contribution in [1.29, 1.82) is 0 Å². The summed E-state index contributed by atoms with van der Waals surface area (Å²) in [5.41, 5.74) is 8.93. The largest absolute Gasteiger partial charge is 0.324 e. The Kier molecular flexibility index (Phi) is 3.12. The number of hydrogen-bond donors (Lipinski definition) is 1. The summed E-state index contributed by atoms with van der Waals surface area (Å²) in [6.07, 6.45) is 2.03. The standard InChI is InChI=1S/C16H15N3/c17-11-16-18-15(13-7-3-1-4-8-13)12-19(16)14-9-5-2-6-10-14/h1-10,12H,11,17H2. The second-order valence-electron chi connectivity index (χ2n) is 4.32. The highest BCUT2D eigenvalue weighted by atomic mass is 15.1. The first-order valence-corrected chi connectivity index (χ1v) is 6.27. The highest BCUT2D eigenvalue weighted by molar-refractivity contribution is 5.59. The molecule has 0 saturated carbocycles. The monoisotopic (exact) mass is 249 g/mol. The molecule has 94 valence electrons. The highest BCUT2D eigenvalue weighted by Gasteiger charge is 2.09. The van der Waals surface area contributed by atoms with E-state index in [2.05, 4.69) is 29.2 Å². The van der Waals surface area contributed by atoms with Crippen molar-refractivity contribution in [2.45, 2.75) is 6.54 Å². The molecule has 19 heavy (non-hydrogen) atoms. The summed E-state index contributed by atoms with van der Waals surface area (Å²) in [5.74, 6) is 0.866. The number of hydrogen-bond acceptors (Lipinski definition) is 2. The summed E-state index contributed by atoms with van der Waals surface area (Å²) in [7, 11) is 0. The fourth-order valence-corrected chi connectivity index (χ4v) is 2.12. The van der Waals surface area contributed by atoms with Crippen molar-refractivity contribution in [3.05, 3.63) is 72.7 Å². The van der Waals surface area contributed by atoms with Gasteiger partial charge in [-0.25, -0.2) is 4.98 Å². The van der Waals surface area contributed by atoms with E-state index in [-0.39, 0.29) is 0 Å². The van der Waals surface area contributed by atoms with Gasteiger partial charge in [0.25, 0.3) is 0 Å². The third kappa shape index (κ3) is 2.28. The number of rotatable bonds is 3. The molecule has 1 aromatic heterocycles. The molecule has 0 amide bonds. The van der Waals surface area contributed by atoms with Crippen LogP contribution in [0.15, 0.2) is 66.9 Å². The Labute approximate surface area is 112 Å². The van der Waals surface area contributed by atoms with Crippen LogP contribution in [0, 0.1) is 0 Å². The van der Waals surface area contributed by atoms with Crippen LogP contribution in [0.5, 0.6) is 0 Å². The first-order valence-electron chi connectivity index (χ1n) is 6.27. The molecule has 3 nitrogen and oxygen atoms in total. The van der Waals surface area contributed by atoms with E-state index in [4.69, 9.17) is 5.73 Å². The SMILES string of the molecule is NCc1nc(-c2ccccc2)cn1-c1ccccc1. The zero-order valence-corrected chi connectivity index (χ0v) is 10.5. The second kappa shape index (κ2) is 5.08. The Morgan fingerprint density at radius 2 is 1.53 bits per heavy atom. The first-order chi connectivity index (χ1) is 9.38. The minimum atomic E-state index is 0.418. The van der Waals surface area contributed by atoms with Crippen LogP contribution in [0.25, 0.3) is 16.9 Å². The van der Waals surface area contributed by atoms with Crippen molar-refractivity contribution in [3.8, 4) is 16.9 Å². The zero-order valence-electron chi connectivity index (χ0n) is 10.5. The van der Waals surface area contributed by atoms with Crippen LogP contribution in [-0.2, 0) is 6.54 Å². The maximum absolute atomic E-state index is 5.80. The van der Waals surface area contributed by atoms with Gasteiger partial charge in [-0.3, -0.25) is 0 Å². The van der Waals surface area contributed by atoms with E-state index in [0.717, 1.165) is 22.8 Å². The Morgan fingerprint density at radius 3 is 2.16 bits per heavy atom. The van der Waals surface area contributed by atoms with Crippen molar-refractivity contribution in [3.63, 3.8) is 0 Å². The Morgan fingerprint density at radius 1 is 0.895 bits per heavy atom. The zero-order chi connectivity index (χ0) is 13.1. The van der Waals surface area contributed by atoms with E-state index in [0.29, 0.717) is 6.54 Å². The summed E-state index contributed by atoms with van der Waals surface area (Å²) in [6.45, 7) is 0.418. The quantitative estimate of drug-likeness (QED) is 0.775. The van der Waals surface area contributed by atoms with Gasteiger partial charge in [-0.15, -0.1) is 0 Å². The predicted octanol–water partition coefficient (Wildman–Crippen LogP) is 3.00. The van der Waals surface area contributed by atoms with Crippen molar-refractivity contribution in [1.82, 2.24) is 9.55 Å². The van der Waals surface area contributed by atoms with Crippen LogP contribution in [0.1, 0.15) is 5.82 Å². The number of para-hydroxylation sites is 1. The molecule has 0 radical (unpaired) electrons. The summed E-state index contributed by atoms with van der Waals surface area (Å²) in [5, 5.41) is 0. The maximum Gasteiger partial charge on any atom is 0.127 e. The van der Waals surface area contributed by atoms with Crippen LogP contribution in [0.2, 0.25) is 0 Å². The molecule has 1 heterocycles. The van der Waals surface area contributed by atoms with E-state index in [1.54, 1.807) is 0 Å². The van der Waals surface area contributed by atoms with Gasteiger partial charge < -0.3 is 10.3 Å². The predicted molar refractivity (Wildman–Crippen MR) is 76.9 cm³/mol. The van der Waals surface area contributed by atoms with Crippen LogP contribution >= 0.6 is 0 Å². The average Bonchev–Trinajstić information content (AvgIpc) is 2.93. The van der Waals surface area contributed by atoms with Gasteiger partial charge in [0.2, 0.25) is 0 Å². The Bertz CT molecular complexity index is 657. The van der Waals surface area contributed by atoms with Gasteiger partial charge in [-0.1, -0.05) is 48.5 Å². The van der Waals surface area contributed by atoms with Crippen molar-refractivity contribution < 1.29 is 0 Å². The number of benzene rings is 2. The number of aromatic nitrogens is 2.